The van der Waals surface area contributed by atoms with Crippen LogP contribution in [-0.2, 0) is 47.7 Å². The molecule has 1 aromatic heterocycles. The maximum absolute atomic E-state index is 13.1. The molecule has 0 saturated carbocycles. The Morgan fingerprint density at radius 3 is 1.46 bits per heavy atom. The second-order valence-electron chi connectivity index (χ2n) is 22.1. The Balaban J connectivity index is 1.73. The van der Waals surface area contributed by atoms with E-state index in [-0.39, 0.29) is 82.2 Å². The predicted molar refractivity (Wildman–Crippen MR) is 305 cm³/mol. The molecule has 0 bridgehead atoms. The Bertz CT molecular complexity index is 1660. The summed E-state index contributed by atoms with van der Waals surface area (Å²) in [6.45, 7) is 12.0. The molecule has 0 aliphatic carbocycles. The van der Waals surface area contributed by atoms with Crippen LogP contribution in [0.15, 0.2) is 6.08 Å². The lowest BCUT2D eigenvalue weighted by Crippen LogP contribution is -2.55. The summed E-state index contributed by atoms with van der Waals surface area (Å²) in [6.07, 6.45) is 38.3. The number of rotatable bonds is 50. The number of hydrogen-bond donors (Lipinski definition) is 0. The summed E-state index contributed by atoms with van der Waals surface area (Å²) in [5.41, 5.74) is 1.79. The van der Waals surface area contributed by atoms with Crippen LogP contribution in [-0.4, -0.2) is 102 Å². The summed E-state index contributed by atoms with van der Waals surface area (Å²) in [5, 5.41) is 0. The molecule has 1 aromatic rings. The number of likely N-dealkylation sites (N-methyl/N-ethyl adjacent to an activating group) is 1. The molecule has 0 aromatic carbocycles. The fraction of sp³-hybridized carbons (Fsp3) is 0.852. The van der Waals surface area contributed by atoms with Crippen LogP contribution in [0.4, 0.5) is 0 Å². The lowest BCUT2D eigenvalue weighted by Gasteiger charge is -2.41. The summed E-state index contributed by atoms with van der Waals surface area (Å²) in [7, 11) is 2.07. The summed E-state index contributed by atoms with van der Waals surface area (Å²) in [4.78, 5) is 64.3. The number of aromatic nitrogens is 2. The molecule has 0 fully saturated rings. The van der Waals surface area contributed by atoms with E-state index in [0.717, 1.165) is 93.7 Å². The van der Waals surface area contributed by atoms with Crippen molar-refractivity contribution in [3.8, 4) is 5.88 Å². The summed E-state index contributed by atoms with van der Waals surface area (Å²) >= 11 is 1.14. The van der Waals surface area contributed by atoms with Crippen LogP contribution in [0.1, 0.15) is 278 Å². The Morgan fingerprint density at radius 1 is 0.513 bits per heavy atom. The Morgan fingerprint density at radius 2 is 0.961 bits per heavy atom. The molecule has 1 aliphatic rings. The zero-order chi connectivity index (χ0) is 55.3. The summed E-state index contributed by atoms with van der Waals surface area (Å²) < 4.78 is 43.5. The zero-order valence-corrected chi connectivity index (χ0v) is 49.8. The summed E-state index contributed by atoms with van der Waals surface area (Å²) in [6, 6.07) is 0. The van der Waals surface area contributed by atoms with Crippen LogP contribution in [0.25, 0.3) is 5.57 Å². The molecule has 1 aliphatic heterocycles. The van der Waals surface area contributed by atoms with E-state index in [0.29, 0.717) is 23.5 Å². The van der Waals surface area contributed by atoms with Gasteiger partial charge in [0.2, 0.25) is 6.23 Å². The minimum absolute atomic E-state index is 0.0131. The normalized spacial score (nSPS) is 15.2. The van der Waals surface area contributed by atoms with Crippen molar-refractivity contribution in [3.05, 3.63) is 11.8 Å². The van der Waals surface area contributed by atoms with E-state index < -0.39 is 24.3 Å². The average Bonchev–Trinajstić information content (AvgIpc) is 3.87. The van der Waals surface area contributed by atoms with Crippen LogP contribution >= 0.6 is 11.7 Å². The number of unbranched alkanes of at least 4 members (excludes halogenated alkanes) is 27. The van der Waals surface area contributed by atoms with E-state index in [2.05, 4.69) is 42.6 Å². The lowest BCUT2D eigenvalue weighted by atomic mass is 10.0. The minimum Gasteiger partial charge on any atom is -0.475 e. The molecule has 0 radical (unpaired) electrons. The maximum atomic E-state index is 13.1. The summed E-state index contributed by atoms with van der Waals surface area (Å²) in [5.74, 6) is -1.93. The van der Waals surface area contributed by atoms with Gasteiger partial charge in [0, 0.05) is 51.0 Å². The third-order valence-corrected chi connectivity index (χ3v) is 15.2. The van der Waals surface area contributed by atoms with Gasteiger partial charge in [-0.3, -0.25) is 28.5 Å². The topological polar surface area (TPSA) is 167 Å². The van der Waals surface area contributed by atoms with Crippen LogP contribution in [0.3, 0.4) is 0 Å². The second-order valence-corrected chi connectivity index (χ2v) is 22.6. The van der Waals surface area contributed by atoms with Gasteiger partial charge in [-0.05, 0) is 31.6 Å². The lowest BCUT2D eigenvalue weighted by molar-refractivity contribution is -0.944. The molecule has 0 amide bonds. The van der Waals surface area contributed by atoms with Gasteiger partial charge in [0.1, 0.15) is 25.5 Å². The van der Waals surface area contributed by atoms with E-state index in [1.54, 1.807) is 6.92 Å². The van der Waals surface area contributed by atoms with E-state index in [1.807, 2.05) is 6.92 Å². The van der Waals surface area contributed by atoms with Crippen molar-refractivity contribution >= 4 is 47.1 Å². The molecular weight excluding hydrogens is 983 g/mol. The first-order chi connectivity index (χ1) is 36.9. The van der Waals surface area contributed by atoms with Crippen LogP contribution < -0.4 is 4.74 Å². The molecular formula is C61H108N3O11S+. The first-order valence-electron chi connectivity index (χ1n) is 30.7. The molecule has 0 N–H and O–H groups in total. The maximum Gasteiger partial charge on any atom is 0.310 e. The molecule has 438 valence electrons. The number of esters is 5. The Hall–Kier alpha value is -3.59. The van der Waals surface area contributed by atoms with Crippen LogP contribution in [0, 0.1) is 5.92 Å². The first-order valence-corrected chi connectivity index (χ1v) is 31.5. The SMILES string of the molecule is CCCCCCCCCCCCCCCC(=O)OCC(COC(=O)CCCCCCCCCCCCCCC)OC(=O)CCCOC(=O)CC(C)CC(=O)OC(C)[N+]1(C)CCC=C(c2nsnc2OCCCCCC)C1. The van der Waals surface area contributed by atoms with Gasteiger partial charge < -0.3 is 28.4 Å². The van der Waals surface area contributed by atoms with E-state index in [1.165, 1.54) is 135 Å². The molecule has 3 atom stereocenters. The zero-order valence-electron chi connectivity index (χ0n) is 49.0. The van der Waals surface area contributed by atoms with E-state index >= 15 is 0 Å². The quantitative estimate of drug-likeness (QED) is 0.0262. The third-order valence-electron chi connectivity index (χ3n) is 14.7. The van der Waals surface area contributed by atoms with Crippen molar-refractivity contribution in [2.45, 2.75) is 285 Å². The average molecular weight is 1090 g/mol. The molecule has 2 rings (SSSR count). The van der Waals surface area contributed by atoms with E-state index in [4.69, 9.17) is 28.4 Å². The molecule has 0 spiro atoms. The number of quaternary nitrogens is 1. The van der Waals surface area contributed by atoms with Crippen LogP contribution in [0.5, 0.6) is 5.88 Å². The Kier molecular flexibility index (Phi) is 40.8. The third kappa shape index (κ3) is 35.0. The van der Waals surface area contributed by atoms with Crippen molar-refractivity contribution in [1.29, 1.82) is 0 Å². The van der Waals surface area contributed by atoms with Crippen molar-refractivity contribution in [2.75, 3.05) is 46.6 Å². The monoisotopic (exact) mass is 1090 g/mol. The predicted octanol–water partition coefficient (Wildman–Crippen LogP) is 15.3. The molecule has 76 heavy (non-hydrogen) atoms. The molecule has 14 nitrogen and oxygen atoms in total. The highest BCUT2D eigenvalue weighted by atomic mass is 32.1. The van der Waals surface area contributed by atoms with Crippen molar-refractivity contribution in [1.82, 2.24) is 8.75 Å². The van der Waals surface area contributed by atoms with Gasteiger partial charge >= 0.3 is 29.8 Å². The standard InChI is InChI=1S/C61H108N3O11S/c1-7-10-13-16-18-20-22-24-26-28-30-32-34-40-55(65)72-49-54(50-73-56(66)41-35-33-31-29-27-25-23-21-19-17-14-11-8-2)75-57(67)42-38-45-70-58(68)46-51(4)47-59(69)74-52(5)64(6)43-37-39-53(48-64)60-61(63-76-62-60)71-44-36-15-12-9-3/h39,51-52,54H,7-38,40-50H2,1-6H3/q+1. The first kappa shape index (κ1) is 68.5. The fourth-order valence-electron chi connectivity index (χ4n) is 9.64. The largest absolute Gasteiger partial charge is 0.475 e. The van der Waals surface area contributed by atoms with Crippen molar-refractivity contribution < 1.29 is 56.9 Å². The van der Waals surface area contributed by atoms with Crippen LogP contribution in [0.2, 0.25) is 0 Å². The molecule has 15 heteroatoms. The highest BCUT2D eigenvalue weighted by Crippen LogP contribution is 2.32. The number of carbonyl (C=O) groups excluding carboxylic acids is 5. The van der Waals surface area contributed by atoms with Gasteiger partial charge in [0.25, 0.3) is 5.88 Å². The number of ether oxygens (including phenoxy) is 6. The van der Waals surface area contributed by atoms with Gasteiger partial charge in [-0.15, -0.1) is 4.37 Å². The van der Waals surface area contributed by atoms with Gasteiger partial charge in [0.15, 0.2) is 6.10 Å². The number of nitrogens with zero attached hydrogens (tertiary/aromatic N) is 3. The number of hydrogen-bond acceptors (Lipinski definition) is 14. The van der Waals surface area contributed by atoms with Gasteiger partial charge in [-0.1, -0.05) is 207 Å². The Labute approximate surface area is 465 Å². The van der Waals surface area contributed by atoms with Gasteiger partial charge in [0.05, 0.1) is 38.5 Å². The molecule has 2 heterocycles. The van der Waals surface area contributed by atoms with Crippen molar-refractivity contribution in [3.63, 3.8) is 0 Å². The van der Waals surface area contributed by atoms with Gasteiger partial charge in [-0.25, -0.2) is 0 Å². The van der Waals surface area contributed by atoms with E-state index in [9.17, 15) is 24.0 Å². The number of carbonyl (C=O) groups is 5. The smallest absolute Gasteiger partial charge is 0.310 e. The van der Waals surface area contributed by atoms with Gasteiger partial charge in [-0.2, -0.15) is 4.37 Å². The van der Waals surface area contributed by atoms with Crippen molar-refractivity contribution in [2.24, 2.45) is 5.92 Å². The molecule has 3 unspecified atom stereocenters. The molecule has 0 saturated heterocycles. The fourth-order valence-corrected chi connectivity index (χ4v) is 10.2. The minimum atomic E-state index is -0.949. The second kappa shape index (κ2) is 45.3. The highest BCUT2D eigenvalue weighted by molar-refractivity contribution is 6.99. The highest BCUT2D eigenvalue weighted by Gasteiger charge is 2.37.